The number of carbonyl (C=O) groups is 1. The molecule has 0 fully saturated rings. The molecule has 0 unspecified atom stereocenters. The first-order chi connectivity index (χ1) is 11.3. The van der Waals surface area contributed by atoms with Gasteiger partial charge in [0, 0.05) is 12.6 Å². The van der Waals surface area contributed by atoms with Crippen LogP contribution < -0.4 is 16.6 Å². The number of fused-ring (bicyclic) bond motifs is 1. The molecule has 2 aromatic heterocycles. The van der Waals surface area contributed by atoms with Crippen molar-refractivity contribution in [2.75, 3.05) is 0 Å². The van der Waals surface area contributed by atoms with Crippen molar-refractivity contribution < 1.29 is 4.79 Å². The van der Waals surface area contributed by atoms with Gasteiger partial charge >= 0.3 is 5.69 Å². The number of thiophene rings is 1. The van der Waals surface area contributed by atoms with Gasteiger partial charge in [0.15, 0.2) is 0 Å². The van der Waals surface area contributed by atoms with Gasteiger partial charge in [0.05, 0.1) is 5.52 Å². The molecule has 2 rings (SSSR count). The van der Waals surface area contributed by atoms with Gasteiger partial charge in [-0.3, -0.25) is 18.7 Å². The van der Waals surface area contributed by atoms with Crippen molar-refractivity contribution in [2.24, 2.45) is 5.92 Å². The molecule has 6 nitrogen and oxygen atoms in total. The summed E-state index contributed by atoms with van der Waals surface area (Å²) in [6, 6.07) is 1.78. The molecule has 0 spiro atoms. The van der Waals surface area contributed by atoms with Crippen LogP contribution in [0.25, 0.3) is 10.2 Å². The van der Waals surface area contributed by atoms with Crippen molar-refractivity contribution in [2.45, 2.75) is 59.7 Å². The Morgan fingerprint density at radius 1 is 1.25 bits per heavy atom. The second-order valence-corrected chi connectivity index (χ2v) is 7.44. The third-order valence-electron chi connectivity index (χ3n) is 4.09. The highest BCUT2D eigenvalue weighted by Crippen LogP contribution is 2.15. The lowest BCUT2D eigenvalue weighted by molar-refractivity contribution is -0.122. The van der Waals surface area contributed by atoms with Crippen LogP contribution in [0.3, 0.4) is 0 Å². The van der Waals surface area contributed by atoms with Gasteiger partial charge in [0.25, 0.3) is 5.56 Å². The summed E-state index contributed by atoms with van der Waals surface area (Å²) in [4.78, 5) is 37.5. The van der Waals surface area contributed by atoms with Crippen molar-refractivity contribution in [3.63, 3.8) is 0 Å². The maximum Gasteiger partial charge on any atom is 0.332 e. The Balaban J connectivity index is 2.45. The van der Waals surface area contributed by atoms with Crippen LogP contribution >= 0.6 is 11.3 Å². The van der Waals surface area contributed by atoms with Crippen LogP contribution in [0.1, 0.15) is 40.5 Å². The average Bonchev–Trinajstić information content (AvgIpc) is 3.00. The van der Waals surface area contributed by atoms with E-state index < -0.39 is 5.69 Å². The SMILES string of the molecule is CC[C@@H](C)NC(=O)Cn1c(=O)n(CCC(C)C)c(=O)c2sccc21. The predicted octanol–water partition coefficient (Wildman–Crippen LogP) is 2.19. The van der Waals surface area contributed by atoms with E-state index in [1.165, 1.54) is 20.5 Å². The van der Waals surface area contributed by atoms with E-state index in [4.69, 9.17) is 0 Å². The van der Waals surface area contributed by atoms with E-state index in [1.807, 2.05) is 27.7 Å². The Labute approximate surface area is 145 Å². The van der Waals surface area contributed by atoms with Crippen LogP contribution in [0.4, 0.5) is 0 Å². The number of amides is 1. The first kappa shape index (κ1) is 18.4. The number of nitrogens with one attached hydrogen (secondary N) is 1. The summed E-state index contributed by atoms with van der Waals surface area (Å²) in [6.07, 6.45) is 1.56. The van der Waals surface area contributed by atoms with Gasteiger partial charge in [-0.05, 0) is 37.1 Å². The van der Waals surface area contributed by atoms with Gasteiger partial charge in [-0.1, -0.05) is 20.8 Å². The van der Waals surface area contributed by atoms with Crippen LogP contribution in [0, 0.1) is 5.92 Å². The summed E-state index contributed by atoms with van der Waals surface area (Å²) in [5, 5.41) is 4.64. The van der Waals surface area contributed by atoms with Crippen molar-refractivity contribution in [1.82, 2.24) is 14.5 Å². The molecule has 1 amide bonds. The fourth-order valence-corrected chi connectivity index (χ4v) is 3.28. The predicted molar refractivity (Wildman–Crippen MR) is 97.7 cm³/mol. The first-order valence-electron chi connectivity index (χ1n) is 8.35. The Morgan fingerprint density at radius 2 is 1.96 bits per heavy atom. The smallest absolute Gasteiger partial charge is 0.332 e. The van der Waals surface area contributed by atoms with Crippen molar-refractivity contribution in [1.29, 1.82) is 0 Å². The van der Waals surface area contributed by atoms with E-state index >= 15 is 0 Å². The van der Waals surface area contributed by atoms with E-state index in [1.54, 1.807) is 11.4 Å². The summed E-state index contributed by atoms with van der Waals surface area (Å²) in [5.41, 5.74) is -0.134. The minimum atomic E-state index is -0.411. The lowest BCUT2D eigenvalue weighted by Gasteiger charge is -2.15. The molecule has 132 valence electrons. The van der Waals surface area contributed by atoms with Gasteiger partial charge < -0.3 is 5.32 Å². The molecule has 7 heteroatoms. The zero-order valence-corrected chi connectivity index (χ0v) is 15.5. The maximum atomic E-state index is 12.8. The van der Waals surface area contributed by atoms with Crippen molar-refractivity contribution >= 4 is 27.5 Å². The Kier molecular flexibility index (Phi) is 5.99. The van der Waals surface area contributed by atoms with E-state index in [0.717, 1.165) is 12.8 Å². The van der Waals surface area contributed by atoms with E-state index in [9.17, 15) is 14.4 Å². The van der Waals surface area contributed by atoms with E-state index in [2.05, 4.69) is 5.32 Å². The molecule has 0 bridgehead atoms. The summed E-state index contributed by atoms with van der Waals surface area (Å²) in [6.45, 7) is 8.30. The Bertz CT molecular complexity index is 832. The zero-order valence-electron chi connectivity index (χ0n) is 14.7. The van der Waals surface area contributed by atoms with Gasteiger partial charge in [-0.15, -0.1) is 11.3 Å². The minimum absolute atomic E-state index is 0.0537. The Morgan fingerprint density at radius 3 is 2.58 bits per heavy atom. The second kappa shape index (κ2) is 7.79. The van der Waals surface area contributed by atoms with Crippen molar-refractivity contribution in [3.8, 4) is 0 Å². The van der Waals surface area contributed by atoms with Gasteiger partial charge in [0.1, 0.15) is 11.2 Å². The highest BCUT2D eigenvalue weighted by Gasteiger charge is 2.17. The molecule has 2 aromatic rings. The summed E-state index contributed by atoms with van der Waals surface area (Å²) in [5.74, 6) is 0.172. The summed E-state index contributed by atoms with van der Waals surface area (Å²) < 4.78 is 3.19. The number of aromatic nitrogens is 2. The maximum absolute atomic E-state index is 12.8. The Hall–Kier alpha value is -1.89. The zero-order chi connectivity index (χ0) is 17.9. The summed E-state index contributed by atoms with van der Waals surface area (Å²) in [7, 11) is 0. The number of hydrogen-bond donors (Lipinski definition) is 1. The lowest BCUT2D eigenvalue weighted by Crippen LogP contribution is -2.43. The monoisotopic (exact) mass is 351 g/mol. The topological polar surface area (TPSA) is 73.1 Å². The quantitative estimate of drug-likeness (QED) is 0.831. The lowest BCUT2D eigenvalue weighted by atomic mass is 10.1. The molecular formula is C17H25N3O3S. The summed E-state index contributed by atoms with van der Waals surface area (Å²) >= 11 is 1.31. The normalized spacial score (nSPS) is 12.7. The number of rotatable bonds is 7. The molecular weight excluding hydrogens is 326 g/mol. The largest absolute Gasteiger partial charge is 0.352 e. The molecule has 1 N–H and O–H groups in total. The standard InChI is InChI=1S/C17H25N3O3S/c1-5-12(4)18-14(21)10-20-13-7-9-24-15(13)16(22)19(17(20)23)8-6-11(2)3/h7,9,11-12H,5-6,8,10H2,1-4H3,(H,18,21)/t12-/m1/s1. The van der Waals surface area contributed by atoms with E-state index in [0.29, 0.717) is 22.7 Å². The third kappa shape index (κ3) is 3.95. The van der Waals surface area contributed by atoms with Crippen LogP contribution in [0.2, 0.25) is 0 Å². The van der Waals surface area contributed by atoms with Gasteiger partial charge in [-0.2, -0.15) is 0 Å². The number of nitrogens with zero attached hydrogens (tertiary/aromatic N) is 2. The van der Waals surface area contributed by atoms with Crippen LogP contribution in [0.15, 0.2) is 21.0 Å². The van der Waals surface area contributed by atoms with Crippen LogP contribution in [0.5, 0.6) is 0 Å². The highest BCUT2D eigenvalue weighted by atomic mass is 32.1. The molecule has 0 aliphatic rings. The van der Waals surface area contributed by atoms with Gasteiger partial charge in [0.2, 0.25) is 5.91 Å². The number of carbonyl (C=O) groups excluding carboxylic acids is 1. The molecule has 1 atom stereocenters. The third-order valence-corrected chi connectivity index (χ3v) is 4.98. The average molecular weight is 351 g/mol. The molecule has 0 aromatic carbocycles. The van der Waals surface area contributed by atoms with E-state index in [-0.39, 0.29) is 24.1 Å². The second-order valence-electron chi connectivity index (χ2n) is 6.52. The molecule has 0 radical (unpaired) electrons. The van der Waals surface area contributed by atoms with Crippen LogP contribution in [-0.4, -0.2) is 21.1 Å². The molecule has 0 aliphatic carbocycles. The van der Waals surface area contributed by atoms with Crippen molar-refractivity contribution in [3.05, 3.63) is 32.3 Å². The van der Waals surface area contributed by atoms with Gasteiger partial charge in [-0.25, -0.2) is 4.79 Å². The first-order valence-corrected chi connectivity index (χ1v) is 9.23. The fraction of sp³-hybridized carbons (Fsp3) is 0.588. The molecule has 0 saturated heterocycles. The molecule has 0 saturated carbocycles. The molecule has 24 heavy (non-hydrogen) atoms. The molecule has 2 heterocycles. The molecule has 0 aliphatic heterocycles. The highest BCUT2D eigenvalue weighted by molar-refractivity contribution is 7.17. The van der Waals surface area contributed by atoms with Crippen LogP contribution in [-0.2, 0) is 17.9 Å². The fourth-order valence-electron chi connectivity index (χ4n) is 2.44. The number of hydrogen-bond acceptors (Lipinski definition) is 4. The minimum Gasteiger partial charge on any atom is -0.352 e.